The second kappa shape index (κ2) is 6.95. The van der Waals surface area contributed by atoms with E-state index in [1.165, 1.54) is 32.1 Å². The molecule has 114 valence electrons. The third-order valence-electron chi connectivity index (χ3n) is 4.94. The van der Waals surface area contributed by atoms with Crippen LogP contribution < -0.4 is 5.73 Å². The summed E-state index contributed by atoms with van der Waals surface area (Å²) in [6.45, 7) is 4.38. The molecule has 2 rings (SSSR count). The molecule has 0 aromatic carbocycles. The van der Waals surface area contributed by atoms with Crippen molar-refractivity contribution in [2.75, 3.05) is 0 Å². The molecule has 1 aliphatic rings. The molecule has 1 aromatic rings. The van der Waals surface area contributed by atoms with Gasteiger partial charge in [0.05, 0.1) is 16.4 Å². The molecule has 1 aliphatic carbocycles. The van der Waals surface area contributed by atoms with E-state index in [0.29, 0.717) is 5.92 Å². The Balaban J connectivity index is 2.04. The van der Waals surface area contributed by atoms with Crippen molar-refractivity contribution in [3.05, 3.63) is 16.4 Å². The number of hydrogen-bond donors (Lipinski definition) is 1. The van der Waals surface area contributed by atoms with Crippen molar-refractivity contribution in [3.8, 4) is 0 Å². The predicted octanol–water partition coefficient (Wildman–Crippen LogP) is 3.72. The number of nitrogens with zero attached hydrogens (tertiary/aromatic N) is 2. The Kier molecular flexibility index (Phi) is 5.50. The number of aromatic nitrogens is 2. The molecule has 2 N–H and O–H groups in total. The summed E-state index contributed by atoms with van der Waals surface area (Å²) in [4.78, 5) is 0. The molecule has 0 radical (unpaired) electrons. The summed E-state index contributed by atoms with van der Waals surface area (Å²) in [5, 5.41) is 5.31. The second-order valence-corrected chi connectivity index (χ2v) is 6.63. The third kappa shape index (κ3) is 3.37. The summed E-state index contributed by atoms with van der Waals surface area (Å²) in [6.07, 6.45) is 8.28. The van der Waals surface area contributed by atoms with Crippen molar-refractivity contribution in [2.24, 2.45) is 24.6 Å². The number of rotatable bonds is 5. The van der Waals surface area contributed by atoms with Gasteiger partial charge in [-0.1, -0.05) is 44.7 Å². The lowest BCUT2D eigenvalue weighted by Gasteiger charge is -2.32. The van der Waals surface area contributed by atoms with E-state index in [9.17, 15) is 0 Å². The number of aryl methyl sites for hydroxylation is 2. The summed E-state index contributed by atoms with van der Waals surface area (Å²) in [6, 6.07) is 0.210. The smallest absolute Gasteiger partial charge is 0.0850 e. The van der Waals surface area contributed by atoms with E-state index < -0.39 is 0 Å². The van der Waals surface area contributed by atoms with E-state index in [2.05, 4.69) is 18.9 Å². The van der Waals surface area contributed by atoms with Gasteiger partial charge in [0.2, 0.25) is 0 Å². The van der Waals surface area contributed by atoms with Crippen LogP contribution in [0, 0.1) is 11.8 Å². The topological polar surface area (TPSA) is 43.8 Å². The van der Waals surface area contributed by atoms with Crippen LogP contribution in [0.25, 0.3) is 0 Å². The zero-order valence-electron chi connectivity index (χ0n) is 13.0. The first kappa shape index (κ1) is 15.8. The van der Waals surface area contributed by atoms with Gasteiger partial charge in [0, 0.05) is 19.5 Å². The van der Waals surface area contributed by atoms with Crippen LogP contribution in [0.1, 0.15) is 57.3 Å². The largest absolute Gasteiger partial charge is 0.327 e. The Morgan fingerprint density at radius 2 is 2.15 bits per heavy atom. The fraction of sp³-hybridized carbons (Fsp3) is 0.812. The van der Waals surface area contributed by atoms with Gasteiger partial charge in [0.25, 0.3) is 0 Å². The molecule has 4 heteroatoms. The maximum absolute atomic E-state index is 6.49. The van der Waals surface area contributed by atoms with E-state index in [4.69, 9.17) is 17.3 Å². The highest BCUT2D eigenvalue weighted by Gasteiger charge is 2.27. The van der Waals surface area contributed by atoms with Crippen LogP contribution >= 0.6 is 11.6 Å². The first-order valence-electron chi connectivity index (χ1n) is 8.02. The van der Waals surface area contributed by atoms with E-state index in [0.717, 1.165) is 35.2 Å². The molecule has 3 nitrogen and oxygen atoms in total. The van der Waals surface area contributed by atoms with Crippen LogP contribution in [-0.4, -0.2) is 15.8 Å². The van der Waals surface area contributed by atoms with Gasteiger partial charge in [0.15, 0.2) is 0 Å². The standard InChI is InChI=1S/C16H28ClN3/c1-4-11-7-6-8-12(9-11)13(18)10-15-16(17)14(5-2)19-20(15)3/h11-13H,4-10,18H2,1-3H3. The second-order valence-electron chi connectivity index (χ2n) is 6.25. The maximum atomic E-state index is 6.49. The normalized spacial score (nSPS) is 24.9. The Morgan fingerprint density at radius 1 is 1.40 bits per heavy atom. The van der Waals surface area contributed by atoms with Crippen LogP contribution in [0.4, 0.5) is 0 Å². The van der Waals surface area contributed by atoms with Crippen molar-refractivity contribution in [1.29, 1.82) is 0 Å². The average Bonchev–Trinajstić information content (AvgIpc) is 2.74. The van der Waals surface area contributed by atoms with Crippen molar-refractivity contribution < 1.29 is 0 Å². The molecule has 1 aromatic heterocycles. The first-order chi connectivity index (χ1) is 9.56. The predicted molar refractivity (Wildman–Crippen MR) is 85.0 cm³/mol. The Labute approximate surface area is 127 Å². The number of hydrogen-bond acceptors (Lipinski definition) is 2. The molecule has 0 bridgehead atoms. The Morgan fingerprint density at radius 3 is 2.75 bits per heavy atom. The molecule has 1 heterocycles. The van der Waals surface area contributed by atoms with Crippen molar-refractivity contribution in [3.63, 3.8) is 0 Å². The van der Waals surface area contributed by atoms with Crippen LogP contribution in [0.5, 0.6) is 0 Å². The SMILES string of the molecule is CCc1nn(C)c(CC(N)C2CCCC(CC)C2)c1Cl. The maximum Gasteiger partial charge on any atom is 0.0850 e. The zero-order chi connectivity index (χ0) is 14.7. The van der Waals surface area contributed by atoms with Gasteiger partial charge in [-0.3, -0.25) is 4.68 Å². The molecule has 3 unspecified atom stereocenters. The van der Waals surface area contributed by atoms with E-state index in [1.54, 1.807) is 0 Å². The minimum Gasteiger partial charge on any atom is -0.327 e. The van der Waals surface area contributed by atoms with Gasteiger partial charge in [-0.25, -0.2) is 0 Å². The molecule has 0 amide bonds. The summed E-state index contributed by atoms with van der Waals surface area (Å²) in [7, 11) is 1.98. The van der Waals surface area contributed by atoms with E-state index >= 15 is 0 Å². The lowest BCUT2D eigenvalue weighted by atomic mass is 9.76. The molecular weight excluding hydrogens is 270 g/mol. The lowest BCUT2D eigenvalue weighted by Crippen LogP contribution is -2.36. The highest BCUT2D eigenvalue weighted by Crippen LogP contribution is 2.34. The highest BCUT2D eigenvalue weighted by molar-refractivity contribution is 6.31. The van der Waals surface area contributed by atoms with Gasteiger partial charge in [-0.2, -0.15) is 5.10 Å². The molecule has 3 atom stereocenters. The first-order valence-corrected chi connectivity index (χ1v) is 8.40. The van der Waals surface area contributed by atoms with Crippen molar-refractivity contribution in [1.82, 2.24) is 9.78 Å². The summed E-state index contributed by atoms with van der Waals surface area (Å²) in [5.41, 5.74) is 8.58. The molecule has 0 saturated heterocycles. The molecule has 20 heavy (non-hydrogen) atoms. The molecular formula is C16H28ClN3. The molecule has 1 saturated carbocycles. The molecule has 0 spiro atoms. The Hall–Kier alpha value is -0.540. The van der Waals surface area contributed by atoms with E-state index in [1.807, 2.05) is 11.7 Å². The van der Waals surface area contributed by atoms with Gasteiger partial charge < -0.3 is 5.73 Å². The van der Waals surface area contributed by atoms with Crippen molar-refractivity contribution in [2.45, 2.75) is 64.8 Å². The minimum absolute atomic E-state index is 0.210. The van der Waals surface area contributed by atoms with Gasteiger partial charge in [-0.15, -0.1) is 0 Å². The van der Waals surface area contributed by atoms with Crippen molar-refractivity contribution >= 4 is 11.6 Å². The van der Waals surface area contributed by atoms with Crippen LogP contribution in [0.2, 0.25) is 5.02 Å². The van der Waals surface area contributed by atoms with Crippen LogP contribution in [0.15, 0.2) is 0 Å². The van der Waals surface area contributed by atoms with Crippen LogP contribution in [-0.2, 0) is 19.9 Å². The monoisotopic (exact) mass is 297 g/mol. The number of halogens is 1. The van der Waals surface area contributed by atoms with Gasteiger partial charge >= 0.3 is 0 Å². The van der Waals surface area contributed by atoms with E-state index in [-0.39, 0.29) is 6.04 Å². The summed E-state index contributed by atoms with van der Waals surface area (Å²) >= 11 is 6.43. The lowest BCUT2D eigenvalue weighted by molar-refractivity contribution is 0.227. The summed E-state index contributed by atoms with van der Waals surface area (Å²) < 4.78 is 1.92. The Bertz CT molecular complexity index is 441. The van der Waals surface area contributed by atoms with Crippen LogP contribution in [0.3, 0.4) is 0 Å². The molecule has 1 fully saturated rings. The zero-order valence-corrected chi connectivity index (χ0v) is 13.8. The van der Waals surface area contributed by atoms with Gasteiger partial charge in [-0.05, 0) is 31.1 Å². The fourth-order valence-electron chi connectivity index (χ4n) is 3.52. The highest BCUT2D eigenvalue weighted by atomic mass is 35.5. The third-order valence-corrected chi connectivity index (χ3v) is 5.37. The minimum atomic E-state index is 0.210. The number of nitrogens with two attached hydrogens (primary N) is 1. The fourth-order valence-corrected chi connectivity index (χ4v) is 3.89. The molecule has 0 aliphatic heterocycles. The van der Waals surface area contributed by atoms with Gasteiger partial charge in [0.1, 0.15) is 0 Å². The summed E-state index contributed by atoms with van der Waals surface area (Å²) in [5.74, 6) is 1.51. The average molecular weight is 298 g/mol. The quantitative estimate of drug-likeness (QED) is 0.900.